The van der Waals surface area contributed by atoms with Crippen molar-refractivity contribution in [3.05, 3.63) is 17.5 Å². The topological polar surface area (TPSA) is 72.9 Å². The normalized spacial score (nSPS) is 14.4. The molecule has 0 aliphatic carbocycles. The van der Waals surface area contributed by atoms with Crippen molar-refractivity contribution < 1.29 is 4.79 Å². The van der Waals surface area contributed by atoms with Crippen LogP contribution in [0.1, 0.15) is 31.5 Å². The molecule has 17 heavy (non-hydrogen) atoms. The molecule has 5 nitrogen and oxygen atoms in total. The molecule has 0 aromatic carbocycles. The average Bonchev–Trinajstić information content (AvgIpc) is 2.63. The summed E-state index contributed by atoms with van der Waals surface area (Å²) in [5, 5.41) is 7.16. The van der Waals surface area contributed by atoms with Crippen LogP contribution >= 0.6 is 0 Å². The lowest BCUT2D eigenvalue weighted by molar-refractivity contribution is -0.130. The van der Waals surface area contributed by atoms with E-state index in [1.807, 2.05) is 34.0 Å². The van der Waals surface area contributed by atoms with E-state index in [0.29, 0.717) is 13.1 Å². The number of carbonyl (C=O) groups excluding carboxylic acids is 1. The first kappa shape index (κ1) is 13.7. The van der Waals surface area contributed by atoms with E-state index in [1.165, 1.54) is 0 Å². The molecule has 1 atom stereocenters. The number of amides is 1. The third-order valence-electron chi connectivity index (χ3n) is 3.33. The maximum Gasteiger partial charge on any atom is 0.227 e. The van der Waals surface area contributed by atoms with E-state index in [2.05, 4.69) is 10.4 Å². The predicted octanol–water partition coefficient (Wildman–Crippen LogP) is 0.720. The smallest absolute Gasteiger partial charge is 0.227 e. The largest absolute Gasteiger partial charge is 0.351 e. The summed E-state index contributed by atoms with van der Waals surface area (Å²) in [6, 6.07) is 0. The maximum absolute atomic E-state index is 12.0. The van der Waals surface area contributed by atoms with Gasteiger partial charge in [-0.2, -0.15) is 5.10 Å². The lowest BCUT2D eigenvalue weighted by Gasteiger charge is -2.24. The van der Waals surface area contributed by atoms with Gasteiger partial charge in [0.25, 0.3) is 0 Å². The Morgan fingerprint density at radius 1 is 1.65 bits per heavy atom. The quantitative estimate of drug-likeness (QED) is 0.794. The van der Waals surface area contributed by atoms with Crippen LogP contribution in [-0.4, -0.2) is 22.2 Å². The van der Waals surface area contributed by atoms with E-state index in [1.54, 1.807) is 4.68 Å². The van der Waals surface area contributed by atoms with Gasteiger partial charge in [-0.15, -0.1) is 0 Å². The highest BCUT2D eigenvalue weighted by Crippen LogP contribution is 2.19. The van der Waals surface area contributed by atoms with Gasteiger partial charge in [-0.05, 0) is 20.3 Å². The zero-order valence-corrected chi connectivity index (χ0v) is 11.1. The Morgan fingerprint density at radius 3 is 2.71 bits per heavy atom. The summed E-state index contributed by atoms with van der Waals surface area (Å²) in [5.74, 6) is 0.00533. The highest BCUT2D eigenvalue weighted by atomic mass is 16.2. The standard InChI is InChI=1S/C12H22N4O/c1-5-12(3,8-13)11(17)14-6-10-7-16(4)15-9(10)2/h7H,5-6,8,13H2,1-4H3,(H,14,17). The molecule has 0 spiro atoms. The molecule has 1 aromatic rings. The minimum Gasteiger partial charge on any atom is -0.351 e. The van der Waals surface area contributed by atoms with Gasteiger partial charge in [0, 0.05) is 31.9 Å². The zero-order chi connectivity index (χ0) is 13.1. The second kappa shape index (κ2) is 5.31. The monoisotopic (exact) mass is 238 g/mol. The van der Waals surface area contributed by atoms with Crippen LogP contribution in [0.5, 0.6) is 0 Å². The molecule has 0 aliphatic heterocycles. The third-order valence-corrected chi connectivity index (χ3v) is 3.33. The Kier molecular flexibility index (Phi) is 4.28. The number of aryl methyl sites for hydroxylation is 2. The summed E-state index contributed by atoms with van der Waals surface area (Å²) in [4.78, 5) is 12.0. The number of nitrogens with two attached hydrogens (primary N) is 1. The van der Waals surface area contributed by atoms with Gasteiger partial charge < -0.3 is 11.1 Å². The minimum atomic E-state index is -0.476. The molecule has 1 heterocycles. The van der Waals surface area contributed by atoms with Crippen LogP contribution in [-0.2, 0) is 18.4 Å². The van der Waals surface area contributed by atoms with E-state index in [9.17, 15) is 4.79 Å². The van der Waals surface area contributed by atoms with E-state index >= 15 is 0 Å². The molecule has 1 unspecified atom stereocenters. The number of carbonyl (C=O) groups is 1. The average molecular weight is 238 g/mol. The number of hydrogen-bond donors (Lipinski definition) is 2. The van der Waals surface area contributed by atoms with Crippen LogP contribution in [0.15, 0.2) is 6.20 Å². The maximum atomic E-state index is 12.0. The molecule has 1 amide bonds. The second-order valence-corrected chi connectivity index (χ2v) is 4.71. The SMILES string of the molecule is CCC(C)(CN)C(=O)NCc1cn(C)nc1C. The molecular formula is C12H22N4O. The van der Waals surface area contributed by atoms with Crippen molar-refractivity contribution in [2.24, 2.45) is 18.2 Å². The molecule has 0 radical (unpaired) electrons. The van der Waals surface area contributed by atoms with Crippen molar-refractivity contribution in [1.29, 1.82) is 0 Å². The molecule has 5 heteroatoms. The number of nitrogens with zero attached hydrogens (tertiary/aromatic N) is 2. The molecule has 1 rings (SSSR count). The van der Waals surface area contributed by atoms with Gasteiger partial charge in [0.1, 0.15) is 0 Å². The van der Waals surface area contributed by atoms with Crippen LogP contribution in [0.4, 0.5) is 0 Å². The fourth-order valence-electron chi connectivity index (χ4n) is 1.61. The van der Waals surface area contributed by atoms with Gasteiger partial charge in [0.05, 0.1) is 11.1 Å². The van der Waals surface area contributed by atoms with E-state index < -0.39 is 5.41 Å². The molecule has 0 aliphatic rings. The minimum absolute atomic E-state index is 0.00533. The van der Waals surface area contributed by atoms with Gasteiger partial charge in [-0.25, -0.2) is 0 Å². The molecule has 0 saturated heterocycles. The van der Waals surface area contributed by atoms with Crippen molar-refractivity contribution in [2.75, 3.05) is 6.54 Å². The summed E-state index contributed by atoms with van der Waals surface area (Å²) in [6.45, 7) is 6.67. The van der Waals surface area contributed by atoms with Crippen molar-refractivity contribution in [3.63, 3.8) is 0 Å². The van der Waals surface area contributed by atoms with E-state index in [0.717, 1.165) is 17.7 Å². The van der Waals surface area contributed by atoms with Crippen molar-refractivity contribution in [3.8, 4) is 0 Å². The molecule has 3 N–H and O–H groups in total. The lowest BCUT2D eigenvalue weighted by Crippen LogP contribution is -2.43. The van der Waals surface area contributed by atoms with Gasteiger partial charge in [-0.1, -0.05) is 6.92 Å². The van der Waals surface area contributed by atoms with Gasteiger partial charge >= 0.3 is 0 Å². The van der Waals surface area contributed by atoms with Crippen molar-refractivity contribution >= 4 is 5.91 Å². The Morgan fingerprint density at radius 2 is 2.29 bits per heavy atom. The third kappa shape index (κ3) is 3.06. The summed E-state index contributed by atoms with van der Waals surface area (Å²) < 4.78 is 1.75. The Hall–Kier alpha value is -1.36. The first-order chi connectivity index (χ1) is 7.92. The highest BCUT2D eigenvalue weighted by molar-refractivity contribution is 5.82. The first-order valence-corrected chi connectivity index (χ1v) is 5.90. The molecule has 0 bridgehead atoms. The van der Waals surface area contributed by atoms with Crippen LogP contribution in [0.3, 0.4) is 0 Å². The Balaban J connectivity index is 2.62. The van der Waals surface area contributed by atoms with Gasteiger partial charge in [-0.3, -0.25) is 9.48 Å². The fraction of sp³-hybridized carbons (Fsp3) is 0.667. The summed E-state index contributed by atoms with van der Waals surface area (Å²) in [5.41, 5.74) is 7.15. The number of nitrogens with one attached hydrogen (secondary N) is 1. The molecule has 0 saturated carbocycles. The summed E-state index contributed by atoms with van der Waals surface area (Å²) in [7, 11) is 1.87. The predicted molar refractivity (Wildman–Crippen MR) is 67.2 cm³/mol. The fourth-order valence-corrected chi connectivity index (χ4v) is 1.61. The Labute approximate surface area is 102 Å². The number of hydrogen-bond acceptors (Lipinski definition) is 3. The zero-order valence-electron chi connectivity index (χ0n) is 11.1. The van der Waals surface area contributed by atoms with Crippen molar-refractivity contribution in [2.45, 2.75) is 33.7 Å². The van der Waals surface area contributed by atoms with Crippen LogP contribution < -0.4 is 11.1 Å². The lowest BCUT2D eigenvalue weighted by atomic mass is 9.86. The molecule has 0 fully saturated rings. The molecule has 96 valence electrons. The van der Waals surface area contributed by atoms with Crippen LogP contribution in [0, 0.1) is 12.3 Å². The summed E-state index contributed by atoms with van der Waals surface area (Å²) >= 11 is 0. The van der Waals surface area contributed by atoms with Crippen LogP contribution in [0.2, 0.25) is 0 Å². The van der Waals surface area contributed by atoms with E-state index in [-0.39, 0.29) is 5.91 Å². The molecular weight excluding hydrogens is 216 g/mol. The summed E-state index contributed by atoms with van der Waals surface area (Å²) in [6.07, 6.45) is 2.66. The second-order valence-electron chi connectivity index (χ2n) is 4.71. The van der Waals surface area contributed by atoms with Crippen molar-refractivity contribution in [1.82, 2.24) is 15.1 Å². The van der Waals surface area contributed by atoms with E-state index in [4.69, 9.17) is 5.73 Å². The van der Waals surface area contributed by atoms with Gasteiger partial charge in [0.2, 0.25) is 5.91 Å². The molecule has 1 aromatic heterocycles. The number of aromatic nitrogens is 2. The highest BCUT2D eigenvalue weighted by Gasteiger charge is 2.29. The van der Waals surface area contributed by atoms with Crippen LogP contribution in [0.25, 0.3) is 0 Å². The number of rotatable bonds is 5. The Bertz CT molecular complexity index is 393. The van der Waals surface area contributed by atoms with Gasteiger partial charge in [0.15, 0.2) is 0 Å². The first-order valence-electron chi connectivity index (χ1n) is 5.90.